The molecule has 2 bridgehead atoms. The summed E-state index contributed by atoms with van der Waals surface area (Å²) in [6.45, 7) is 3.48. The molecular weight excluding hydrogens is 553 g/mol. The molecule has 1 saturated carbocycles. The Hall–Kier alpha value is -3.18. The fourth-order valence-corrected chi connectivity index (χ4v) is 6.72. The third-order valence-electron chi connectivity index (χ3n) is 8.19. The number of fused-ring (bicyclic) bond motifs is 4. The van der Waals surface area contributed by atoms with Gasteiger partial charge in [-0.2, -0.15) is 10.1 Å². The molecule has 3 aromatic heterocycles. The van der Waals surface area contributed by atoms with Gasteiger partial charge >= 0.3 is 0 Å². The van der Waals surface area contributed by atoms with E-state index in [9.17, 15) is 9.18 Å². The number of likely N-dealkylation sites (tertiary alicyclic amines) is 1. The Labute approximate surface area is 226 Å². The van der Waals surface area contributed by atoms with E-state index in [1.165, 1.54) is 6.07 Å². The van der Waals surface area contributed by atoms with Gasteiger partial charge in [-0.15, -0.1) is 0 Å². The molecule has 1 amide bonds. The molecule has 38 heavy (non-hydrogen) atoms. The standard InChI is InChI=1S/C27H27BrFN7O2/c1-27(25(37)35-13-18-4-5-19(14-35)38-18)7-6-16(11-27)32-26-31-12-20-23(28)34-36(24(20)33-26)17-9-15-3-2-8-30-22(15)21(29)10-17/h2-3,8-10,12,16,18-19H,4-7,11,13-14H2,1H3,(H,31,32,33)/t16-,18?,19?,27?/m1/s1. The maximum absolute atomic E-state index is 14.8. The first-order chi connectivity index (χ1) is 18.4. The Bertz CT molecular complexity index is 1570. The summed E-state index contributed by atoms with van der Waals surface area (Å²) in [7, 11) is 0. The Morgan fingerprint density at radius 3 is 2.84 bits per heavy atom. The normalized spacial score (nSPS) is 26.9. The van der Waals surface area contributed by atoms with Crippen molar-refractivity contribution in [1.29, 1.82) is 0 Å². The van der Waals surface area contributed by atoms with E-state index in [2.05, 4.69) is 43.2 Å². The maximum atomic E-state index is 14.8. The van der Waals surface area contributed by atoms with Crippen molar-refractivity contribution in [3.8, 4) is 5.69 Å². The first kappa shape index (κ1) is 23.9. The summed E-state index contributed by atoms with van der Waals surface area (Å²) in [5.41, 5.74) is 0.992. The summed E-state index contributed by atoms with van der Waals surface area (Å²) < 4.78 is 22.9. The quantitative estimate of drug-likeness (QED) is 0.376. The van der Waals surface area contributed by atoms with E-state index < -0.39 is 11.2 Å². The molecule has 2 aliphatic heterocycles. The second-order valence-corrected chi connectivity index (χ2v) is 11.7. The Balaban J connectivity index is 1.13. The average molecular weight is 580 g/mol. The molecule has 196 valence electrons. The van der Waals surface area contributed by atoms with Crippen molar-refractivity contribution >= 4 is 49.7 Å². The Kier molecular flexibility index (Phi) is 5.63. The predicted molar refractivity (Wildman–Crippen MR) is 143 cm³/mol. The number of pyridine rings is 1. The van der Waals surface area contributed by atoms with Crippen LogP contribution in [0.15, 0.2) is 41.3 Å². The van der Waals surface area contributed by atoms with Gasteiger partial charge in [-0.3, -0.25) is 9.78 Å². The number of hydrogen-bond donors (Lipinski definition) is 1. The zero-order chi connectivity index (χ0) is 26.0. The minimum atomic E-state index is -0.423. The highest BCUT2D eigenvalue weighted by atomic mass is 79.9. The van der Waals surface area contributed by atoms with Crippen LogP contribution in [0.3, 0.4) is 0 Å². The number of morpholine rings is 1. The number of halogens is 2. The molecule has 2 saturated heterocycles. The number of amides is 1. The van der Waals surface area contributed by atoms with Crippen molar-refractivity contribution in [2.45, 2.75) is 57.3 Å². The van der Waals surface area contributed by atoms with Crippen LogP contribution in [0.4, 0.5) is 10.3 Å². The van der Waals surface area contributed by atoms with Gasteiger partial charge in [-0.1, -0.05) is 13.0 Å². The number of carbonyl (C=O) groups excluding carboxylic acids is 1. The Morgan fingerprint density at radius 2 is 2.03 bits per heavy atom. The number of aromatic nitrogens is 5. The lowest BCUT2D eigenvalue weighted by Gasteiger charge is -2.37. The largest absolute Gasteiger partial charge is 0.371 e. The van der Waals surface area contributed by atoms with Crippen LogP contribution in [0.5, 0.6) is 0 Å². The molecule has 3 unspecified atom stereocenters. The summed E-state index contributed by atoms with van der Waals surface area (Å²) in [6.07, 6.45) is 8.13. The molecule has 1 aromatic carbocycles. The fraction of sp³-hybridized carbons (Fsp3) is 0.444. The number of benzene rings is 1. The van der Waals surface area contributed by atoms with E-state index in [-0.39, 0.29) is 24.2 Å². The van der Waals surface area contributed by atoms with Gasteiger partial charge in [0.15, 0.2) is 11.5 Å². The van der Waals surface area contributed by atoms with E-state index in [0.29, 0.717) is 52.3 Å². The van der Waals surface area contributed by atoms with E-state index in [1.807, 2.05) is 17.0 Å². The van der Waals surface area contributed by atoms with E-state index in [4.69, 9.17) is 9.72 Å². The number of ether oxygens (including phenoxy) is 1. The first-order valence-electron chi connectivity index (χ1n) is 13.0. The predicted octanol–water partition coefficient (Wildman–Crippen LogP) is 4.63. The molecule has 9 nitrogen and oxygen atoms in total. The highest BCUT2D eigenvalue weighted by Crippen LogP contribution is 2.42. The van der Waals surface area contributed by atoms with E-state index >= 15 is 0 Å². The van der Waals surface area contributed by atoms with Gasteiger partial charge in [-0.25, -0.2) is 14.1 Å². The maximum Gasteiger partial charge on any atom is 0.228 e. The summed E-state index contributed by atoms with van der Waals surface area (Å²) in [5.74, 6) is 0.266. The van der Waals surface area contributed by atoms with Crippen LogP contribution in [-0.2, 0) is 9.53 Å². The molecule has 1 N–H and O–H groups in total. The Morgan fingerprint density at radius 1 is 1.21 bits per heavy atom. The lowest BCUT2D eigenvalue weighted by atomic mass is 9.86. The van der Waals surface area contributed by atoms with Crippen molar-refractivity contribution in [2.75, 3.05) is 18.4 Å². The van der Waals surface area contributed by atoms with Crippen molar-refractivity contribution in [2.24, 2.45) is 5.41 Å². The van der Waals surface area contributed by atoms with Gasteiger partial charge in [-0.05, 0) is 60.2 Å². The van der Waals surface area contributed by atoms with Gasteiger partial charge in [0.25, 0.3) is 0 Å². The number of hydrogen-bond acceptors (Lipinski definition) is 7. The molecule has 7 rings (SSSR count). The van der Waals surface area contributed by atoms with Crippen LogP contribution >= 0.6 is 15.9 Å². The lowest BCUT2D eigenvalue weighted by molar-refractivity contribution is -0.149. The lowest BCUT2D eigenvalue weighted by Crippen LogP contribution is -2.50. The van der Waals surface area contributed by atoms with Crippen molar-refractivity contribution in [1.82, 2.24) is 29.6 Å². The third-order valence-corrected chi connectivity index (χ3v) is 8.77. The van der Waals surface area contributed by atoms with E-state index in [1.54, 1.807) is 23.1 Å². The first-order valence-corrected chi connectivity index (χ1v) is 13.8. The van der Waals surface area contributed by atoms with Gasteiger partial charge in [0.2, 0.25) is 11.9 Å². The van der Waals surface area contributed by atoms with Gasteiger partial charge < -0.3 is 15.0 Å². The number of rotatable bonds is 4. The molecule has 3 fully saturated rings. The molecule has 5 heterocycles. The summed E-state index contributed by atoms with van der Waals surface area (Å²) in [4.78, 5) is 28.9. The minimum Gasteiger partial charge on any atom is -0.371 e. The van der Waals surface area contributed by atoms with Crippen LogP contribution in [0.2, 0.25) is 0 Å². The smallest absolute Gasteiger partial charge is 0.228 e. The number of nitrogens with one attached hydrogen (secondary N) is 1. The summed E-state index contributed by atoms with van der Waals surface area (Å²) >= 11 is 3.49. The number of anilines is 1. The second-order valence-electron chi connectivity index (χ2n) is 10.9. The molecule has 4 atom stereocenters. The second kappa shape index (κ2) is 8.94. The number of carbonyl (C=O) groups is 1. The molecule has 4 aromatic rings. The van der Waals surface area contributed by atoms with E-state index in [0.717, 1.165) is 31.1 Å². The molecule has 0 radical (unpaired) electrons. The molecular formula is C27H27BrFN7O2. The molecule has 3 aliphatic rings. The van der Waals surface area contributed by atoms with Crippen molar-refractivity contribution < 1.29 is 13.9 Å². The van der Waals surface area contributed by atoms with Crippen LogP contribution in [0, 0.1) is 11.2 Å². The van der Waals surface area contributed by atoms with Gasteiger partial charge in [0, 0.05) is 48.4 Å². The average Bonchev–Trinajstić information content (AvgIpc) is 3.58. The summed E-state index contributed by atoms with van der Waals surface area (Å²) in [6, 6.07) is 6.91. The minimum absolute atomic E-state index is 0.0724. The SMILES string of the molecule is CC1(C(=O)N2CC3CCC(C2)O3)CC[C@@H](Nc2ncc3c(Br)nn(-c4cc(F)c5ncccc5c4)c3n2)C1. The van der Waals surface area contributed by atoms with Gasteiger partial charge in [0.05, 0.1) is 23.3 Å². The van der Waals surface area contributed by atoms with Gasteiger partial charge in [0.1, 0.15) is 10.1 Å². The third kappa shape index (κ3) is 4.03. The highest BCUT2D eigenvalue weighted by Gasteiger charge is 2.46. The number of nitrogens with zero attached hydrogens (tertiary/aromatic N) is 6. The van der Waals surface area contributed by atoms with Crippen LogP contribution in [-0.4, -0.2) is 66.9 Å². The zero-order valence-corrected chi connectivity index (χ0v) is 22.5. The van der Waals surface area contributed by atoms with Crippen molar-refractivity contribution in [3.05, 3.63) is 47.1 Å². The molecule has 1 aliphatic carbocycles. The highest BCUT2D eigenvalue weighted by molar-refractivity contribution is 9.10. The topological polar surface area (TPSA) is 98.1 Å². The van der Waals surface area contributed by atoms with Crippen LogP contribution < -0.4 is 5.32 Å². The monoisotopic (exact) mass is 579 g/mol. The molecule has 11 heteroatoms. The zero-order valence-electron chi connectivity index (χ0n) is 20.9. The van der Waals surface area contributed by atoms with Crippen molar-refractivity contribution in [3.63, 3.8) is 0 Å². The summed E-state index contributed by atoms with van der Waals surface area (Å²) in [5, 5.41) is 9.40. The molecule has 0 spiro atoms. The fourth-order valence-electron chi connectivity index (χ4n) is 6.28. The van der Waals surface area contributed by atoms with Crippen LogP contribution in [0.25, 0.3) is 27.6 Å². The van der Waals surface area contributed by atoms with Crippen LogP contribution in [0.1, 0.15) is 39.0 Å².